The molecule has 0 saturated heterocycles. The molecule has 0 aliphatic heterocycles. The van der Waals surface area contributed by atoms with Crippen molar-refractivity contribution in [3.8, 4) is 0 Å². The lowest BCUT2D eigenvalue weighted by atomic mass is 9.76. The van der Waals surface area contributed by atoms with Gasteiger partial charge in [0.25, 0.3) is 0 Å². The largest absolute Gasteiger partial charge is 0.320 e. The highest BCUT2D eigenvalue weighted by Crippen LogP contribution is 2.40. The van der Waals surface area contributed by atoms with Crippen molar-refractivity contribution < 1.29 is 0 Å². The average Bonchev–Trinajstić information content (AvgIpc) is 2.37. The van der Waals surface area contributed by atoms with Crippen LogP contribution in [0.3, 0.4) is 0 Å². The van der Waals surface area contributed by atoms with Crippen molar-refractivity contribution in [3.63, 3.8) is 0 Å². The second kappa shape index (κ2) is 5.63. The van der Waals surface area contributed by atoms with E-state index in [1.807, 2.05) is 0 Å². The molecule has 0 amide bonds. The Balaban J connectivity index is 1.94. The molecule has 2 aromatic rings. The van der Waals surface area contributed by atoms with Crippen LogP contribution in [-0.2, 0) is 0 Å². The SMILES string of the molecule is NC(c1ccc(I)cc1)c1ccccc1C1CCC1. The first-order valence-corrected chi connectivity index (χ1v) is 7.93. The van der Waals surface area contributed by atoms with Gasteiger partial charge in [0.2, 0.25) is 0 Å². The Kier molecular flexibility index (Phi) is 3.89. The maximum atomic E-state index is 6.48. The molecule has 2 aromatic carbocycles. The third kappa shape index (κ3) is 2.70. The van der Waals surface area contributed by atoms with E-state index in [-0.39, 0.29) is 6.04 Å². The molecule has 1 fully saturated rings. The normalized spacial score (nSPS) is 16.9. The summed E-state index contributed by atoms with van der Waals surface area (Å²) in [4.78, 5) is 0. The van der Waals surface area contributed by atoms with Gasteiger partial charge in [-0.05, 0) is 70.2 Å². The van der Waals surface area contributed by atoms with Gasteiger partial charge >= 0.3 is 0 Å². The topological polar surface area (TPSA) is 26.0 Å². The summed E-state index contributed by atoms with van der Waals surface area (Å²) < 4.78 is 1.25. The smallest absolute Gasteiger partial charge is 0.0554 e. The molecular formula is C17H18IN. The summed E-state index contributed by atoms with van der Waals surface area (Å²) in [5.41, 5.74) is 10.4. The summed E-state index contributed by atoms with van der Waals surface area (Å²) in [6.07, 6.45) is 3.99. The number of halogens is 1. The fraction of sp³-hybridized carbons (Fsp3) is 0.294. The Morgan fingerprint density at radius 2 is 1.68 bits per heavy atom. The van der Waals surface area contributed by atoms with Crippen LogP contribution >= 0.6 is 22.6 Å². The van der Waals surface area contributed by atoms with E-state index in [9.17, 15) is 0 Å². The van der Waals surface area contributed by atoms with Crippen molar-refractivity contribution in [3.05, 3.63) is 68.8 Å². The molecule has 98 valence electrons. The van der Waals surface area contributed by atoms with E-state index < -0.39 is 0 Å². The quantitative estimate of drug-likeness (QED) is 0.792. The highest BCUT2D eigenvalue weighted by Gasteiger charge is 2.24. The van der Waals surface area contributed by atoms with Gasteiger partial charge in [-0.2, -0.15) is 0 Å². The number of benzene rings is 2. The molecule has 0 radical (unpaired) electrons. The van der Waals surface area contributed by atoms with Crippen molar-refractivity contribution in [1.29, 1.82) is 0 Å². The maximum Gasteiger partial charge on any atom is 0.0554 e. The maximum absolute atomic E-state index is 6.48. The Morgan fingerprint density at radius 1 is 1.00 bits per heavy atom. The standard InChI is InChI=1S/C17H18IN/c18-14-10-8-13(9-11-14)17(19)16-7-2-1-6-15(16)12-4-3-5-12/h1-2,6-12,17H,3-5,19H2. The zero-order valence-corrected chi connectivity index (χ0v) is 13.0. The fourth-order valence-electron chi connectivity index (χ4n) is 2.73. The van der Waals surface area contributed by atoms with Crippen molar-refractivity contribution in [1.82, 2.24) is 0 Å². The number of nitrogens with two attached hydrogens (primary N) is 1. The summed E-state index contributed by atoms with van der Waals surface area (Å²) in [5, 5.41) is 0. The molecular weight excluding hydrogens is 345 g/mol. The summed E-state index contributed by atoms with van der Waals surface area (Å²) in [6.45, 7) is 0. The minimum absolute atomic E-state index is 0.00574. The van der Waals surface area contributed by atoms with E-state index in [2.05, 4.69) is 71.1 Å². The summed E-state index contributed by atoms with van der Waals surface area (Å²) in [5.74, 6) is 0.728. The Hall–Kier alpha value is -0.870. The van der Waals surface area contributed by atoms with Gasteiger partial charge in [0.05, 0.1) is 6.04 Å². The molecule has 0 bridgehead atoms. The molecule has 1 saturated carbocycles. The van der Waals surface area contributed by atoms with Crippen LogP contribution in [0.5, 0.6) is 0 Å². The average molecular weight is 363 g/mol. The van der Waals surface area contributed by atoms with Crippen LogP contribution in [0.2, 0.25) is 0 Å². The molecule has 1 aliphatic rings. The van der Waals surface area contributed by atoms with Crippen LogP contribution in [0.15, 0.2) is 48.5 Å². The van der Waals surface area contributed by atoms with Gasteiger partial charge in [0.15, 0.2) is 0 Å². The lowest BCUT2D eigenvalue weighted by molar-refractivity contribution is 0.416. The summed E-state index contributed by atoms with van der Waals surface area (Å²) in [6, 6.07) is 17.2. The molecule has 0 aromatic heterocycles. The lowest BCUT2D eigenvalue weighted by Crippen LogP contribution is -2.18. The third-order valence-corrected chi connectivity index (χ3v) is 4.82. The number of hydrogen-bond acceptors (Lipinski definition) is 1. The van der Waals surface area contributed by atoms with Crippen LogP contribution in [0.4, 0.5) is 0 Å². The van der Waals surface area contributed by atoms with Crippen molar-refractivity contribution >= 4 is 22.6 Å². The van der Waals surface area contributed by atoms with Crippen molar-refractivity contribution in [2.45, 2.75) is 31.2 Å². The van der Waals surface area contributed by atoms with Gasteiger partial charge in [-0.1, -0.05) is 42.8 Å². The fourth-order valence-corrected chi connectivity index (χ4v) is 3.09. The molecule has 3 rings (SSSR count). The minimum atomic E-state index is -0.00574. The Morgan fingerprint density at radius 3 is 2.32 bits per heavy atom. The van der Waals surface area contributed by atoms with E-state index in [1.165, 1.54) is 39.5 Å². The van der Waals surface area contributed by atoms with Gasteiger partial charge in [-0.15, -0.1) is 0 Å². The van der Waals surface area contributed by atoms with Crippen molar-refractivity contribution in [2.75, 3.05) is 0 Å². The summed E-state index contributed by atoms with van der Waals surface area (Å²) >= 11 is 2.33. The Labute approximate surface area is 128 Å². The first-order chi connectivity index (χ1) is 9.25. The Bertz CT molecular complexity index is 558. The van der Waals surface area contributed by atoms with E-state index in [1.54, 1.807) is 0 Å². The van der Waals surface area contributed by atoms with Crippen LogP contribution in [-0.4, -0.2) is 0 Å². The van der Waals surface area contributed by atoms with Crippen LogP contribution in [0.1, 0.15) is 47.9 Å². The molecule has 1 aliphatic carbocycles. The molecule has 0 heterocycles. The predicted octanol–water partition coefficient (Wildman–Crippen LogP) is 4.61. The second-order valence-electron chi connectivity index (χ2n) is 5.29. The number of hydrogen-bond donors (Lipinski definition) is 1. The summed E-state index contributed by atoms with van der Waals surface area (Å²) in [7, 11) is 0. The lowest BCUT2D eigenvalue weighted by Gasteiger charge is -2.29. The molecule has 0 spiro atoms. The second-order valence-corrected chi connectivity index (χ2v) is 6.53. The van der Waals surface area contributed by atoms with Crippen molar-refractivity contribution in [2.24, 2.45) is 5.73 Å². The monoisotopic (exact) mass is 363 g/mol. The van der Waals surface area contributed by atoms with Gasteiger partial charge in [-0.3, -0.25) is 0 Å². The first kappa shape index (κ1) is 13.1. The van der Waals surface area contributed by atoms with Crippen LogP contribution in [0, 0.1) is 3.57 Å². The van der Waals surface area contributed by atoms with E-state index >= 15 is 0 Å². The minimum Gasteiger partial charge on any atom is -0.320 e. The highest BCUT2D eigenvalue weighted by molar-refractivity contribution is 14.1. The van der Waals surface area contributed by atoms with E-state index in [0.717, 1.165) is 5.92 Å². The number of rotatable bonds is 3. The molecule has 1 nitrogen and oxygen atoms in total. The third-order valence-electron chi connectivity index (χ3n) is 4.11. The molecule has 19 heavy (non-hydrogen) atoms. The highest BCUT2D eigenvalue weighted by atomic mass is 127. The van der Waals surface area contributed by atoms with Crippen LogP contribution in [0.25, 0.3) is 0 Å². The first-order valence-electron chi connectivity index (χ1n) is 6.85. The molecule has 2 N–H and O–H groups in total. The van der Waals surface area contributed by atoms with Gasteiger partial charge in [0, 0.05) is 3.57 Å². The zero-order valence-electron chi connectivity index (χ0n) is 10.9. The van der Waals surface area contributed by atoms with Gasteiger partial charge < -0.3 is 5.73 Å². The molecule has 2 heteroatoms. The van der Waals surface area contributed by atoms with E-state index in [4.69, 9.17) is 5.73 Å². The van der Waals surface area contributed by atoms with Gasteiger partial charge in [0.1, 0.15) is 0 Å². The van der Waals surface area contributed by atoms with Crippen LogP contribution < -0.4 is 5.73 Å². The zero-order chi connectivity index (χ0) is 13.2. The van der Waals surface area contributed by atoms with E-state index in [0.29, 0.717) is 0 Å². The molecule has 1 unspecified atom stereocenters. The molecule has 1 atom stereocenters. The van der Waals surface area contributed by atoms with Gasteiger partial charge in [-0.25, -0.2) is 0 Å². The predicted molar refractivity (Wildman–Crippen MR) is 88.2 cm³/mol.